The van der Waals surface area contributed by atoms with Gasteiger partial charge in [-0.2, -0.15) is 12.7 Å². The summed E-state index contributed by atoms with van der Waals surface area (Å²) in [6.07, 6.45) is 0. The van der Waals surface area contributed by atoms with Gasteiger partial charge in [0.2, 0.25) is 5.91 Å². The smallest absolute Gasteiger partial charge is 0.276 e. The number of nitrogens with zero attached hydrogens (tertiary/aromatic N) is 2. The first kappa shape index (κ1) is 13.4. The lowest BCUT2D eigenvalue weighted by atomic mass is 10.3. The molecule has 1 heterocycles. The molecule has 0 aliphatic carbocycles. The molecule has 0 aromatic heterocycles. The first-order valence-corrected chi connectivity index (χ1v) is 6.70. The van der Waals surface area contributed by atoms with Gasteiger partial charge in [0, 0.05) is 32.7 Å². The van der Waals surface area contributed by atoms with Crippen molar-refractivity contribution in [2.24, 2.45) is 5.14 Å². The van der Waals surface area contributed by atoms with Crippen LogP contribution < -0.4 is 10.5 Å². The van der Waals surface area contributed by atoms with Crippen molar-refractivity contribution < 1.29 is 13.2 Å². The molecule has 0 unspecified atom stereocenters. The topological polar surface area (TPSA) is 95.7 Å². The highest BCUT2D eigenvalue weighted by molar-refractivity contribution is 7.86. The Balaban J connectivity index is 2.35. The maximum absolute atomic E-state index is 11.3. The van der Waals surface area contributed by atoms with Gasteiger partial charge >= 0.3 is 0 Å². The zero-order chi connectivity index (χ0) is 12.2. The van der Waals surface area contributed by atoms with Crippen molar-refractivity contribution in [3.63, 3.8) is 0 Å². The number of hydrogen-bond donors (Lipinski definition) is 2. The van der Waals surface area contributed by atoms with E-state index in [0.29, 0.717) is 39.3 Å². The van der Waals surface area contributed by atoms with Crippen LogP contribution in [-0.4, -0.2) is 62.8 Å². The molecule has 1 aliphatic rings. The fourth-order valence-corrected chi connectivity index (χ4v) is 2.27. The summed E-state index contributed by atoms with van der Waals surface area (Å²) in [6, 6.07) is 0. The minimum Gasteiger partial charge on any atom is -0.355 e. The minimum absolute atomic E-state index is 0.0356. The standard InChI is InChI=1S/C8H18N4O3S/c1-2-10-8(13)7-11-3-5-12(6-4-11)16(9,14)15/h2-7H2,1H3,(H,10,13)(H2,9,14,15). The maximum Gasteiger partial charge on any atom is 0.276 e. The van der Waals surface area contributed by atoms with E-state index in [9.17, 15) is 13.2 Å². The van der Waals surface area contributed by atoms with E-state index in [2.05, 4.69) is 5.32 Å². The van der Waals surface area contributed by atoms with Gasteiger partial charge in [0.25, 0.3) is 10.2 Å². The fourth-order valence-electron chi connectivity index (χ4n) is 1.60. The van der Waals surface area contributed by atoms with Gasteiger partial charge < -0.3 is 5.32 Å². The van der Waals surface area contributed by atoms with E-state index < -0.39 is 10.2 Å². The Morgan fingerprint density at radius 3 is 2.31 bits per heavy atom. The van der Waals surface area contributed by atoms with Gasteiger partial charge in [-0.05, 0) is 6.92 Å². The van der Waals surface area contributed by atoms with E-state index in [1.54, 1.807) is 0 Å². The third-order valence-electron chi connectivity index (χ3n) is 2.43. The molecule has 0 bridgehead atoms. The number of likely N-dealkylation sites (N-methyl/N-ethyl adjacent to an activating group) is 1. The van der Waals surface area contributed by atoms with Crippen molar-refractivity contribution in [2.45, 2.75) is 6.92 Å². The molecule has 1 rings (SSSR count). The highest BCUT2D eigenvalue weighted by atomic mass is 32.2. The monoisotopic (exact) mass is 250 g/mol. The fraction of sp³-hybridized carbons (Fsp3) is 0.875. The highest BCUT2D eigenvalue weighted by Gasteiger charge is 2.24. The van der Waals surface area contributed by atoms with Crippen molar-refractivity contribution in [1.82, 2.24) is 14.5 Å². The number of carbonyl (C=O) groups excluding carboxylic acids is 1. The summed E-state index contributed by atoms with van der Waals surface area (Å²) in [5, 5.41) is 7.70. The minimum atomic E-state index is -3.58. The van der Waals surface area contributed by atoms with Crippen LogP contribution in [0, 0.1) is 0 Å². The highest BCUT2D eigenvalue weighted by Crippen LogP contribution is 2.03. The number of nitrogens with two attached hydrogens (primary N) is 1. The molecule has 0 saturated carbocycles. The van der Waals surface area contributed by atoms with Crippen LogP contribution in [0.3, 0.4) is 0 Å². The molecule has 1 saturated heterocycles. The van der Waals surface area contributed by atoms with Gasteiger partial charge in [-0.3, -0.25) is 9.69 Å². The Labute approximate surface area is 95.8 Å². The molecular formula is C8H18N4O3S. The second kappa shape index (κ2) is 5.58. The molecule has 3 N–H and O–H groups in total. The van der Waals surface area contributed by atoms with Gasteiger partial charge in [-0.15, -0.1) is 0 Å². The predicted octanol–water partition coefficient (Wildman–Crippen LogP) is -2.06. The van der Waals surface area contributed by atoms with Gasteiger partial charge in [0.05, 0.1) is 6.54 Å². The van der Waals surface area contributed by atoms with E-state index in [0.717, 1.165) is 0 Å². The van der Waals surface area contributed by atoms with Crippen molar-refractivity contribution >= 4 is 16.1 Å². The van der Waals surface area contributed by atoms with Crippen molar-refractivity contribution in [2.75, 3.05) is 39.3 Å². The molecule has 94 valence electrons. The first-order chi connectivity index (χ1) is 7.43. The average molecular weight is 250 g/mol. The van der Waals surface area contributed by atoms with E-state index >= 15 is 0 Å². The molecular weight excluding hydrogens is 232 g/mol. The van der Waals surface area contributed by atoms with Crippen molar-refractivity contribution in [1.29, 1.82) is 0 Å². The van der Waals surface area contributed by atoms with Crippen LogP contribution in [0.2, 0.25) is 0 Å². The lowest BCUT2D eigenvalue weighted by molar-refractivity contribution is -0.122. The Bertz CT molecular complexity index is 335. The molecule has 16 heavy (non-hydrogen) atoms. The second-order valence-corrected chi connectivity index (χ2v) is 5.22. The zero-order valence-electron chi connectivity index (χ0n) is 9.35. The summed E-state index contributed by atoms with van der Waals surface area (Å²) in [6.45, 7) is 4.54. The van der Waals surface area contributed by atoms with Crippen LogP contribution in [-0.2, 0) is 15.0 Å². The van der Waals surface area contributed by atoms with E-state index in [1.807, 2.05) is 11.8 Å². The van der Waals surface area contributed by atoms with Gasteiger partial charge in [-0.25, -0.2) is 5.14 Å². The lowest BCUT2D eigenvalue weighted by Gasteiger charge is -2.32. The van der Waals surface area contributed by atoms with Gasteiger partial charge in [0.15, 0.2) is 0 Å². The number of amides is 1. The quantitative estimate of drug-likeness (QED) is 0.600. The molecule has 0 spiro atoms. The van der Waals surface area contributed by atoms with Crippen molar-refractivity contribution in [3.05, 3.63) is 0 Å². The Morgan fingerprint density at radius 1 is 1.31 bits per heavy atom. The summed E-state index contributed by atoms with van der Waals surface area (Å²) in [4.78, 5) is 13.2. The number of piperazine rings is 1. The van der Waals surface area contributed by atoms with Crippen molar-refractivity contribution in [3.8, 4) is 0 Å². The SMILES string of the molecule is CCNC(=O)CN1CCN(S(N)(=O)=O)CC1. The molecule has 1 aliphatic heterocycles. The molecule has 1 fully saturated rings. The molecule has 1 amide bonds. The average Bonchev–Trinajstić information content (AvgIpc) is 2.17. The van der Waals surface area contributed by atoms with Crippen LogP contribution in [0.1, 0.15) is 6.92 Å². The normalized spacial score (nSPS) is 19.6. The van der Waals surface area contributed by atoms with E-state index in [4.69, 9.17) is 5.14 Å². The Hall–Kier alpha value is -0.700. The van der Waals surface area contributed by atoms with Crippen LogP contribution in [0.5, 0.6) is 0 Å². The number of rotatable bonds is 4. The van der Waals surface area contributed by atoms with E-state index in [-0.39, 0.29) is 5.91 Å². The second-order valence-electron chi connectivity index (χ2n) is 3.67. The molecule has 8 heteroatoms. The molecule has 0 atom stereocenters. The first-order valence-electron chi connectivity index (χ1n) is 5.20. The summed E-state index contributed by atoms with van der Waals surface area (Å²) < 4.78 is 23.3. The Kier molecular flexibility index (Phi) is 4.66. The largest absolute Gasteiger partial charge is 0.355 e. The molecule has 0 aromatic carbocycles. The van der Waals surface area contributed by atoms with Gasteiger partial charge in [0.1, 0.15) is 0 Å². The Morgan fingerprint density at radius 2 is 1.88 bits per heavy atom. The van der Waals surface area contributed by atoms with Crippen LogP contribution in [0.25, 0.3) is 0 Å². The predicted molar refractivity (Wildman–Crippen MR) is 59.8 cm³/mol. The van der Waals surface area contributed by atoms with Crippen LogP contribution >= 0.6 is 0 Å². The van der Waals surface area contributed by atoms with Gasteiger partial charge in [-0.1, -0.05) is 0 Å². The summed E-state index contributed by atoms with van der Waals surface area (Å²) in [5.41, 5.74) is 0. The molecule has 0 radical (unpaired) electrons. The number of nitrogens with one attached hydrogen (secondary N) is 1. The number of carbonyl (C=O) groups is 1. The van der Waals surface area contributed by atoms with Crippen LogP contribution in [0.15, 0.2) is 0 Å². The summed E-state index contributed by atoms with van der Waals surface area (Å²) >= 11 is 0. The number of hydrogen-bond acceptors (Lipinski definition) is 4. The lowest BCUT2D eigenvalue weighted by Crippen LogP contribution is -2.52. The third-order valence-corrected chi connectivity index (χ3v) is 3.52. The third kappa shape index (κ3) is 4.05. The van der Waals surface area contributed by atoms with E-state index in [1.165, 1.54) is 4.31 Å². The maximum atomic E-state index is 11.3. The molecule has 0 aromatic rings. The zero-order valence-corrected chi connectivity index (χ0v) is 10.2. The van der Waals surface area contributed by atoms with Crippen LogP contribution in [0.4, 0.5) is 0 Å². The summed E-state index contributed by atoms with van der Waals surface area (Å²) in [7, 11) is -3.58. The molecule has 7 nitrogen and oxygen atoms in total. The summed E-state index contributed by atoms with van der Waals surface area (Å²) in [5.74, 6) is -0.0356.